The van der Waals surface area contributed by atoms with Gasteiger partial charge in [0, 0.05) is 24.7 Å². The van der Waals surface area contributed by atoms with Crippen LogP contribution in [0.25, 0.3) is 11.1 Å². The van der Waals surface area contributed by atoms with Crippen LogP contribution in [0.1, 0.15) is 36.0 Å². The minimum atomic E-state index is -0.737. The number of carbonyl (C=O) groups excluding carboxylic acids is 1. The van der Waals surface area contributed by atoms with Crippen molar-refractivity contribution in [1.29, 1.82) is 0 Å². The molecule has 132 valence electrons. The molecule has 1 amide bonds. The van der Waals surface area contributed by atoms with Crippen LogP contribution in [-0.2, 0) is 0 Å². The Labute approximate surface area is 149 Å². The highest BCUT2D eigenvalue weighted by Gasteiger charge is 2.33. The molecule has 0 aliphatic heterocycles. The molecule has 2 aromatic rings. The molecular weight excluding hydrogens is 314 g/mol. The van der Waals surface area contributed by atoms with Gasteiger partial charge in [-0.3, -0.25) is 4.79 Å². The maximum atomic E-state index is 12.8. The molecule has 0 atom stereocenters. The number of carbonyl (C=O) groups is 1. The lowest BCUT2D eigenvalue weighted by Gasteiger charge is -2.28. The molecule has 0 heterocycles. The summed E-state index contributed by atoms with van der Waals surface area (Å²) in [5.41, 5.74) is 1.76. The van der Waals surface area contributed by atoms with E-state index in [1.165, 1.54) is 0 Å². The van der Waals surface area contributed by atoms with Crippen LogP contribution in [0.4, 0.5) is 0 Å². The molecule has 1 N–H and O–H groups in total. The van der Waals surface area contributed by atoms with Gasteiger partial charge in [0.05, 0.1) is 12.7 Å². The van der Waals surface area contributed by atoms with Crippen molar-refractivity contribution in [3.05, 3.63) is 54.1 Å². The second-order valence-electron chi connectivity index (χ2n) is 6.87. The number of methoxy groups -OCH3 is 1. The molecule has 4 nitrogen and oxygen atoms in total. The Balaban J connectivity index is 1.85. The molecule has 3 rings (SSSR count). The summed E-state index contributed by atoms with van der Waals surface area (Å²) in [6.07, 6.45) is 3.59. The SMILES string of the molecule is COc1ccc(C(=O)N(C)CC2(O)CCCC2)cc1-c1ccccc1. The van der Waals surface area contributed by atoms with Crippen LogP contribution in [0.2, 0.25) is 0 Å². The highest BCUT2D eigenvalue weighted by Crippen LogP contribution is 2.32. The molecule has 4 heteroatoms. The molecular formula is C21H25NO3. The van der Waals surface area contributed by atoms with Gasteiger partial charge in [-0.05, 0) is 36.6 Å². The van der Waals surface area contributed by atoms with E-state index < -0.39 is 5.60 Å². The highest BCUT2D eigenvalue weighted by molar-refractivity contribution is 5.96. The summed E-state index contributed by atoms with van der Waals surface area (Å²) >= 11 is 0. The number of rotatable bonds is 5. The number of nitrogens with zero attached hydrogens (tertiary/aromatic N) is 1. The maximum absolute atomic E-state index is 12.8. The lowest BCUT2D eigenvalue weighted by molar-refractivity contribution is 0.0157. The number of likely N-dealkylation sites (N-methyl/N-ethyl adjacent to an activating group) is 1. The number of amides is 1. The van der Waals surface area contributed by atoms with Crippen molar-refractivity contribution in [3.63, 3.8) is 0 Å². The van der Waals surface area contributed by atoms with Crippen molar-refractivity contribution >= 4 is 5.91 Å². The molecule has 0 radical (unpaired) electrons. The van der Waals surface area contributed by atoms with Gasteiger partial charge in [-0.1, -0.05) is 43.2 Å². The first kappa shape index (κ1) is 17.5. The second-order valence-corrected chi connectivity index (χ2v) is 6.87. The lowest BCUT2D eigenvalue weighted by atomic mass is 9.99. The predicted octanol–water partition coefficient (Wildman–Crippen LogP) is 3.74. The van der Waals surface area contributed by atoms with E-state index in [2.05, 4.69) is 0 Å². The summed E-state index contributed by atoms with van der Waals surface area (Å²) < 4.78 is 5.45. The molecule has 2 aromatic carbocycles. The number of aliphatic hydroxyl groups is 1. The Hall–Kier alpha value is -2.33. The quantitative estimate of drug-likeness (QED) is 0.903. The minimum absolute atomic E-state index is 0.0832. The number of hydrogen-bond donors (Lipinski definition) is 1. The maximum Gasteiger partial charge on any atom is 0.253 e. The zero-order chi connectivity index (χ0) is 17.9. The van der Waals surface area contributed by atoms with E-state index in [1.54, 1.807) is 25.1 Å². The fraction of sp³-hybridized carbons (Fsp3) is 0.381. The Bertz CT molecular complexity index is 736. The standard InChI is InChI=1S/C21H25NO3/c1-22(15-21(24)12-6-7-13-21)20(23)17-10-11-19(25-2)18(14-17)16-8-4-3-5-9-16/h3-5,8-11,14,24H,6-7,12-13,15H2,1-2H3. The highest BCUT2D eigenvalue weighted by atomic mass is 16.5. The molecule has 25 heavy (non-hydrogen) atoms. The van der Waals surface area contributed by atoms with Crippen LogP contribution in [-0.4, -0.2) is 42.2 Å². The summed E-state index contributed by atoms with van der Waals surface area (Å²) in [7, 11) is 3.38. The van der Waals surface area contributed by atoms with Crippen LogP contribution in [0.3, 0.4) is 0 Å². The van der Waals surface area contributed by atoms with Gasteiger partial charge in [0.25, 0.3) is 5.91 Å². The smallest absolute Gasteiger partial charge is 0.253 e. The van der Waals surface area contributed by atoms with Crippen molar-refractivity contribution < 1.29 is 14.6 Å². The lowest BCUT2D eigenvalue weighted by Crippen LogP contribution is -2.42. The zero-order valence-electron chi connectivity index (χ0n) is 14.9. The average molecular weight is 339 g/mol. The van der Waals surface area contributed by atoms with Crippen molar-refractivity contribution in [3.8, 4) is 16.9 Å². The third-order valence-corrected chi connectivity index (χ3v) is 4.94. The van der Waals surface area contributed by atoms with E-state index in [9.17, 15) is 9.90 Å². The molecule has 1 aliphatic rings. The fourth-order valence-corrected chi connectivity index (χ4v) is 3.61. The van der Waals surface area contributed by atoms with Crippen molar-refractivity contribution in [2.45, 2.75) is 31.3 Å². The van der Waals surface area contributed by atoms with E-state index in [-0.39, 0.29) is 5.91 Å². The first-order valence-corrected chi connectivity index (χ1v) is 8.74. The van der Waals surface area contributed by atoms with Gasteiger partial charge >= 0.3 is 0 Å². The van der Waals surface area contributed by atoms with Gasteiger partial charge in [-0.2, -0.15) is 0 Å². The number of hydrogen-bond acceptors (Lipinski definition) is 3. The first-order valence-electron chi connectivity index (χ1n) is 8.74. The van der Waals surface area contributed by atoms with Gasteiger partial charge in [0.15, 0.2) is 0 Å². The molecule has 0 spiro atoms. The summed E-state index contributed by atoms with van der Waals surface area (Å²) in [5, 5.41) is 10.6. The molecule has 0 unspecified atom stereocenters. The van der Waals surface area contributed by atoms with Crippen LogP contribution in [0, 0.1) is 0 Å². The van der Waals surface area contributed by atoms with Gasteiger partial charge in [0.2, 0.25) is 0 Å². The number of benzene rings is 2. The van der Waals surface area contributed by atoms with Crippen molar-refractivity contribution in [2.75, 3.05) is 20.7 Å². The summed E-state index contributed by atoms with van der Waals surface area (Å²) in [4.78, 5) is 14.5. The van der Waals surface area contributed by atoms with Gasteiger partial charge in [-0.15, -0.1) is 0 Å². The van der Waals surface area contributed by atoms with Gasteiger partial charge in [0.1, 0.15) is 5.75 Å². The molecule has 0 saturated heterocycles. The Morgan fingerprint density at radius 1 is 1.16 bits per heavy atom. The third-order valence-electron chi connectivity index (χ3n) is 4.94. The normalized spacial score (nSPS) is 15.8. The fourth-order valence-electron chi connectivity index (χ4n) is 3.61. The van der Waals surface area contributed by atoms with Crippen LogP contribution < -0.4 is 4.74 Å². The van der Waals surface area contributed by atoms with E-state index >= 15 is 0 Å². The summed E-state index contributed by atoms with van der Waals surface area (Å²) in [6.45, 7) is 0.374. The van der Waals surface area contributed by atoms with Crippen LogP contribution in [0.5, 0.6) is 5.75 Å². The summed E-state index contributed by atoms with van der Waals surface area (Å²) in [6, 6.07) is 15.4. The topological polar surface area (TPSA) is 49.8 Å². The Kier molecular flexibility index (Phi) is 5.09. The van der Waals surface area contributed by atoms with Crippen molar-refractivity contribution in [2.24, 2.45) is 0 Å². The van der Waals surface area contributed by atoms with Crippen molar-refractivity contribution in [1.82, 2.24) is 4.90 Å². The average Bonchev–Trinajstić information content (AvgIpc) is 3.07. The van der Waals surface area contributed by atoms with Crippen LogP contribution in [0.15, 0.2) is 48.5 Å². The Morgan fingerprint density at radius 3 is 2.48 bits per heavy atom. The third kappa shape index (κ3) is 3.85. The second kappa shape index (κ2) is 7.28. The van der Waals surface area contributed by atoms with E-state index in [4.69, 9.17) is 4.74 Å². The molecule has 1 aliphatic carbocycles. The van der Waals surface area contributed by atoms with E-state index in [1.807, 2.05) is 42.5 Å². The molecule has 1 saturated carbocycles. The Morgan fingerprint density at radius 2 is 1.84 bits per heavy atom. The van der Waals surface area contributed by atoms with Gasteiger partial charge < -0.3 is 14.7 Å². The molecule has 0 bridgehead atoms. The van der Waals surface area contributed by atoms with Gasteiger partial charge in [-0.25, -0.2) is 0 Å². The largest absolute Gasteiger partial charge is 0.496 e. The number of ether oxygens (including phenoxy) is 1. The van der Waals surface area contributed by atoms with Crippen LogP contribution >= 0.6 is 0 Å². The van der Waals surface area contributed by atoms with E-state index in [0.29, 0.717) is 12.1 Å². The summed E-state index contributed by atoms with van der Waals surface area (Å²) in [5.74, 6) is 0.653. The van der Waals surface area contributed by atoms with E-state index in [0.717, 1.165) is 42.6 Å². The predicted molar refractivity (Wildman–Crippen MR) is 98.8 cm³/mol. The minimum Gasteiger partial charge on any atom is -0.496 e. The first-order chi connectivity index (χ1) is 12.0. The monoisotopic (exact) mass is 339 g/mol. The molecule has 1 fully saturated rings. The molecule has 0 aromatic heterocycles. The zero-order valence-corrected chi connectivity index (χ0v) is 14.9.